The molecule has 1 amide bonds. The number of aryl methyl sites for hydroxylation is 2. The number of rotatable bonds is 10. The van der Waals surface area contributed by atoms with E-state index in [0.717, 1.165) is 39.8 Å². The van der Waals surface area contributed by atoms with Crippen molar-refractivity contribution in [2.45, 2.75) is 44.7 Å². The van der Waals surface area contributed by atoms with E-state index in [1.807, 2.05) is 42.7 Å². The van der Waals surface area contributed by atoms with Crippen LogP contribution in [0.4, 0.5) is 4.39 Å². The number of hydrogen-bond donors (Lipinski definition) is 4. The summed E-state index contributed by atoms with van der Waals surface area (Å²) in [5.41, 5.74) is 10.3. The van der Waals surface area contributed by atoms with Crippen LogP contribution in [0.25, 0.3) is 21.8 Å². The zero-order valence-corrected chi connectivity index (χ0v) is 23.7. The first kappa shape index (κ1) is 27.4. The zero-order valence-electron chi connectivity index (χ0n) is 23.7. The molecular weight excluding hydrogens is 529 g/mol. The van der Waals surface area contributed by atoms with Gasteiger partial charge in [0.15, 0.2) is 0 Å². The van der Waals surface area contributed by atoms with E-state index in [4.69, 9.17) is 10.8 Å². The molecule has 6 aromatic rings. The lowest BCUT2D eigenvalue weighted by atomic mass is 9.96. The molecule has 1 atom stereocenters. The molecular formula is C33H34FN7O. The van der Waals surface area contributed by atoms with Crippen molar-refractivity contribution in [1.82, 2.24) is 30.0 Å². The standard InChI is InChI=1S/C33H34FN7O/c1-33(2,35)32(42)38-19-27(26-18-37-29-10-6-4-8-25(26)29)31-40-39-30(41(31)20-21-11-14-23(34)15-12-21)16-13-22-17-36-28-9-5-3-7-24(22)28/h3-12,14-15,17-18,27,36-37H,13,16,19-20,35H2,1-2H3,(H,38,42). The van der Waals surface area contributed by atoms with Crippen molar-refractivity contribution >= 4 is 27.7 Å². The normalized spacial score (nSPS) is 12.7. The van der Waals surface area contributed by atoms with Crippen molar-refractivity contribution in [3.63, 3.8) is 0 Å². The van der Waals surface area contributed by atoms with Gasteiger partial charge in [-0.2, -0.15) is 0 Å². The second-order valence-corrected chi connectivity index (χ2v) is 11.3. The van der Waals surface area contributed by atoms with Gasteiger partial charge in [0.1, 0.15) is 17.5 Å². The number of nitrogens with two attached hydrogens (primary N) is 1. The van der Waals surface area contributed by atoms with Gasteiger partial charge in [0.05, 0.1) is 18.0 Å². The van der Waals surface area contributed by atoms with Crippen molar-refractivity contribution in [3.8, 4) is 0 Å². The van der Waals surface area contributed by atoms with E-state index in [-0.39, 0.29) is 24.2 Å². The molecule has 42 heavy (non-hydrogen) atoms. The summed E-state index contributed by atoms with van der Waals surface area (Å²) in [6.07, 6.45) is 5.43. The fraction of sp³-hybridized carbons (Fsp3) is 0.242. The average molecular weight is 564 g/mol. The van der Waals surface area contributed by atoms with Crippen LogP contribution in [0.1, 0.15) is 48.1 Å². The lowest BCUT2D eigenvalue weighted by Crippen LogP contribution is -2.50. The molecule has 0 saturated carbocycles. The minimum atomic E-state index is -1.03. The molecule has 0 saturated heterocycles. The summed E-state index contributed by atoms with van der Waals surface area (Å²) in [6, 6.07) is 22.8. The Morgan fingerprint density at radius 1 is 0.929 bits per heavy atom. The van der Waals surface area contributed by atoms with E-state index in [2.05, 4.69) is 43.1 Å². The molecule has 5 N–H and O–H groups in total. The predicted molar refractivity (Wildman–Crippen MR) is 163 cm³/mol. The Bertz CT molecular complexity index is 1840. The lowest BCUT2D eigenvalue weighted by Gasteiger charge is -2.22. The number of aromatic nitrogens is 5. The molecule has 1 unspecified atom stereocenters. The summed E-state index contributed by atoms with van der Waals surface area (Å²) in [4.78, 5) is 19.6. The van der Waals surface area contributed by atoms with E-state index < -0.39 is 5.54 Å². The fourth-order valence-electron chi connectivity index (χ4n) is 5.47. The van der Waals surface area contributed by atoms with Crippen LogP contribution in [0.5, 0.6) is 0 Å². The third-order valence-electron chi connectivity index (χ3n) is 7.76. The molecule has 3 aromatic heterocycles. The van der Waals surface area contributed by atoms with Crippen LogP contribution in [0.2, 0.25) is 0 Å². The molecule has 3 aromatic carbocycles. The Hall–Kier alpha value is -4.76. The van der Waals surface area contributed by atoms with Crippen molar-refractivity contribution in [2.24, 2.45) is 5.73 Å². The number of para-hydroxylation sites is 2. The minimum absolute atomic E-state index is 0.253. The number of nitrogens with zero attached hydrogens (tertiary/aromatic N) is 3. The van der Waals surface area contributed by atoms with Gasteiger partial charge in [0, 0.05) is 47.2 Å². The third-order valence-corrected chi connectivity index (χ3v) is 7.76. The van der Waals surface area contributed by atoms with Crippen molar-refractivity contribution in [3.05, 3.63) is 119 Å². The van der Waals surface area contributed by atoms with E-state index in [1.165, 1.54) is 23.1 Å². The summed E-state index contributed by atoms with van der Waals surface area (Å²) in [5.74, 6) is 0.674. The summed E-state index contributed by atoms with van der Waals surface area (Å²) in [6.45, 7) is 4.11. The van der Waals surface area contributed by atoms with Crippen molar-refractivity contribution in [2.75, 3.05) is 6.54 Å². The van der Waals surface area contributed by atoms with Gasteiger partial charge in [-0.3, -0.25) is 4.79 Å². The SMILES string of the molecule is CC(C)(N)C(=O)NCC(c1c[nH]c2ccccc12)c1nnc(CCc2c[nH]c3ccccc23)n1Cc1ccc(F)cc1. The molecule has 0 radical (unpaired) electrons. The van der Waals surface area contributed by atoms with Gasteiger partial charge in [0.25, 0.3) is 0 Å². The number of carbonyl (C=O) groups excluding carboxylic acids is 1. The second-order valence-electron chi connectivity index (χ2n) is 11.3. The Morgan fingerprint density at radius 2 is 1.60 bits per heavy atom. The molecule has 0 fully saturated rings. The first-order valence-corrected chi connectivity index (χ1v) is 14.1. The van der Waals surface area contributed by atoms with Crippen molar-refractivity contribution in [1.29, 1.82) is 0 Å². The lowest BCUT2D eigenvalue weighted by molar-refractivity contribution is -0.125. The van der Waals surface area contributed by atoms with Crippen LogP contribution in [0.3, 0.4) is 0 Å². The van der Waals surface area contributed by atoms with Crippen LogP contribution in [-0.2, 0) is 24.2 Å². The van der Waals surface area contributed by atoms with Gasteiger partial charge in [0.2, 0.25) is 5.91 Å². The number of nitrogens with one attached hydrogen (secondary N) is 3. The molecule has 9 heteroatoms. The van der Waals surface area contributed by atoms with E-state index in [9.17, 15) is 9.18 Å². The molecule has 8 nitrogen and oxygen atoms in total. The van der Waals surface area contributed by atoms with E-state index in [1.54, 1.807) is 26.0 Å². The zero-order chi connectivity index (χ0) is 29.3. The number of aromatic amines is 2. The number of carbonyl (C=O) groups is 1. The number of hydrogen-bond acceptors (Lipinski definition) is 4. The Balaban J connectivity index is 1.41. The molecule has 0 bridgehead atoms. The smallest absolute Gasteiger partial charge is 0.239 e. The molecule has 0 aliphatic heterocycles. The minimum Gasteiger partial charge on any atom is -0.361 e. The maximum absolute atomic E-state index is 13.8. The monoisotopic (exact) mass is 563 g/mol. The number of fused-ring (bicyclic) bond motifs is 2. The van der Waals surface area contributed by atoms with Crippen LogP contribution in [0.15, 0.2) is 85.2 Å². The summed E-state index contributed by atoms with van der Waals surface area (Å²) < 4.78 is 15.9. The number of amides is 1. The van der Waals surface area contributed by atoms with Crippen LogP contribution in [0, 0.1) is 5.82 Å². The highest BCUT2D eigenvalue weighted by atomic mass is 19.1. The van der Waals surface area contributed by atoms with Gasteiger partial charge < -0.3 is 25.6 Å². The average Bonchev–Trinajstić information content (AvgIpc) is 3.70. The number of benzene rings is 3. The third kappa shape index (κ3) is 5.56. The van der Waals surface area contributed by atoms with Gasteiger partial charge in [-0.05, 0) is 61.2 Å². The molecule has 0 aliphatic carbocycles. The van der Waals surface area contributed by atoms with Gasteiger partial charge >= 0.3 is 0 Å². The summed E-state index contributed by atoms with van der Waals surface area (Å²) >= 11 is 0. The highest BCUT2D eigenvalue weighted by Gasteiger charge is 2.29. The molecule has 0 spiro atoms. The molecule has 0 aliphatic rings. The maximum atomic E-state index is 13.8. The maximum Gasteiger partial charge on any atom is 0.239 e. The van der Waals surface area contributed by atoms with E-state index in [0.29, 0.717) is 18.8 Å². The predicted octanol–water partition coefficient (Wildman–Crippen LogP) is 5.20. The van der Waals surface area contributed by atoms with Crippen LogP contribution >= 0.6 is 0 Å². The van der Waals surface area contributed by atoms with Gasteiger partial charge in [-0.1, -0.05) is 48.5 Å². The Labute approximate surface area is 243 Å². The number of H-pyrrole nitrogens is 2. The fourth-order valence-corrected chi connectivity index (χ4v) is 5.47. The van der Waals surface area contributed by atoms with Gasteiger partial charge in [-0.25, -0.2) is 4.39 Å². The first-order chi connectivity index (χ1) is 20.3. The quantitative estimate of drug-likeness (QED) is 0.183. The first-order valence-electron chi connectivity index (χ1n) is 14.1. The largest absolute Gasteiger partial charge is 0.361 e. The van der Waals surface area contributed by atoms with Gasteiger partial charge in [-0.15, -0.1) is 10.2 Å². The number of halogens is 1. The topological polar surface area (TPSA) is 117 Å². The summed E-state index contributed by atoms with van der Waals surface area (Å²) in [5, 5.41) is 14.7. The molecule has 214 valence electrons. The van der Waals surface area contributed by atoms with Crippen LogP contribution < -0.4 is 11.1 Å². The molecule has 6 rings (SSSR count). The summed E-state index contributed by atoms with van der Waals surface area (Å²) in [7, 11) is 0. The Kier molecular flexibility index (Phi) is 7.34. The highest BCUT2D eigenvalue weighted by molar-refractivity contribution is 5.86. The van der Waals surface area contributed by atoms with Crippen molar-refractivity contribution < 1.29 is 9.18 Å². The Morgan fingerprint density at radius 3 is 2.33 bits per heavy atom. The second kappa shape index (κ2) is 11.3. The molecule has 3 heterocycles. The van der Waals surface area contributed by atoms with E-state index >= 15 is 0 Å². The highest BCUT2D eigenvalue weighted by Crippen LogP contribution is 2.31. The van der Waals surface area contributed by atoms with Crippen LogP contribution in [-0.4, -0.2) is 42.7 Å².